The van der Waals surface area contributed by atoms with Gasteiger partial charge in [0.1, 0.15) is 0 Å². The monoisotopic (exact) mass is 249 g/mol. The van der Waals surface area contributed by atoms with E-state index in [9.17, 15) is 9.59 Å². The average Bonchev–Trinajstić information content (AvgIpc) is 2.36. The molecule has 0 aliphatic carbocycles. The SMILES string of the molecule is N#Cc1ccc(NC(=O)N[C@H](CO)C(=O)O)cc1. The van der Waals surface area contributed by atoms with Crippen LogP contribution in [0.2, 0.25) is 0 Å². The molecule has 4 N–H and O–H groups in total. The van der Waals surface area contributed by atoms with Crippen LogP contribution in [-0.2, 0) is 4.79 Å². The normalized spacial score (nSPS) is 11.1. The minimum absolute atomic E-state index is 0.411. The van der Waals surface area contributed by atoms with Gasteiger partial charge in [0.25, 0.3) is 0 Å². The molecular weight excluding hydrogens is 238 g/mol. The second-order valence-corrected chi connectivity index (χ2v) is 3.36. The Hall–Kier alpha value is -2.59. The van der Waals surface area contributed by atoms with E-state index in [2.05, 4.69) is 10.6 Å². The number of hydrogen-bond acceptors (Lipinski definition) is 4. The van der Waals surface area contributed by atoms with E-state index in [1.54, 1.807) is 0 Å². The molecule has 0 aliphatic heterocycles. The van der Waals surface area contributed by atoms with Crippen LogP contribution in [0.25, 0.3) is 0 Å². The van der Waals surface area contributed by atoms with Crippen LogP contribution in [-0.4, -0.2) is 34.9 Å². The van der Waals surface area contributed by atoms with Crippen LogP contribution >= 0.6 is 0 Å². The summed E-state index contributed by atoms with van der Waals surface area (Å²) in [6.07, 6.45) is 0. The fourth-order valence-corrected chi connectivity index (χ4v) is 1.14. The van der Waals surface area contributed by atoms with Gasteiger partial charge in [-0.05, 0) is 24.3 Å². The van der Waals surface area contributed by atoms with E-state index in [-0.39, 0.29) is 0 Å². The first-order chi connectivity index (χ1) is 8.56. The van der Waals surface area contributed by atoms with Gasteiger partial charge in [0.2, 0.25) is 0 Å². The van der Waals surface area contributed by atoms with Crippen molar-refractivity contribution in [2.75, 3.05) is 11.9 Å². The molecule has 18 heavy (non-hydrogen) atoms. The number of nitriles is 1. The molecule has 0 aromatic heterocycles. The molecule has 0 aliphatic rings. The van der Waals surface area contributed by atoms with Gasteiger partial charge in [-0.15, -0.1) is 0 Å². The third-order valence-corrected chi connectivity index (χ3v) is 2.06. The number of carboxylic acid groups (broad SMARTS) is 1. The highest BCUT2D eigenvalue weighted by molar-refractivity contribution is 5.92. The molecule has 0 bridgehead atoms. The largest absolute Gasteiger partial charge is 0.480 e. The molecule has 2 amide bonds. The summed E-state index contributed by atoms with van der Waals surface area (Å²) >= 11 is 0. The van der Waals surface area contributed by atoms with Crippen molar-refractivity contribution in [3.63, 3.8) is 0 Å². The third kappa shape index (κ3) is 3.77. The lowest BCUT2D eigenvalue weighted by atomic mass is 10.2. The fourth-order valence-electron chi connectivity index (χ4n) is 1.14. The standard InChI is InChI=1S/C11H11N3O4/c12-5-7-1-3-8(4-2-7)13-11(18)14-9(6-15)10(16)17/h1-4,9,15H,6H2,(H,16,17)(H2,13,14,18)/t9-/m1/s1. The second-order valence-electron chi connectivity index (χ2n) is 3.36. The molecule has 0 unspecified atom stereocenters. The molecule has 0 fully saturated rings. The predicted molar refractivity (Wildman–Crippen MR) is 61.8 cm³/mol. The van der Waals surface area contributed by atoms with Crippen molar-refractivity contribution in [3.8, 4) is 6.07 Å². The molecule has 1 aromatic carbocycles. The lowest BCUT2D eigenvalue weighted by Crippen LogP contribution is -2.45. The molecule has 1 rings (SSSR count). The summed E-state index contributed by atoms with van der Waals surface area (Å²) in [4.78, 5) is 21.9. The molecule has 0 saturated heterocycles. The predicted octanol–water partition coefficient (Wildman–Crippen LogP) is 0.125. The number of aliphatic hydroxyl groups excluding tert-OH is 1. The van der Waals surface area contributed by atoms with Gasteiger partial charge < -0.3 is 20.8 Å². The molecule has 0 saturated carbocycles. The molecule has 0 spiro atoms. The van der Waals surface area contributed by atoms with Crippen LogP contribution in [0.3, 0.4) is 0 Å². The summed E-state index contributed by atoms with van der Waals surface area (Å²) in [7, 11) is 0. The Labute approximate surface area is 103 Å². The first-order valence-corrected chi connectivity index (χ1v) is 4.98. The van der Waals surface area contributed by atoms with Crippen molar-refractivity contribution in [2.45, 2.75) is 6.04 Å². The molecule has 0 heterocycles. The number of rotatable bonds is 4. The lowest BCUT2D eigenvalue weighted by Gasteiger charge is -2.12. The molecular formula is C11H11N3O4. The van der Waals surface area contributed by atoms with Crippen molar-refractivity contribution in [1.82, 2.24) is 5.32 Å². The van der Waals surface area contributed by atoms with Crippen LogP contribution in [0.4, 0.5) is 10.5 Å². The number of nitrogens with zero attached hydrogens (tertiary/aromatic N) is 1. The van der Waals surface area contributed by atoms with Gasteiger partial charge in [0, 0.05) is 5.69 Å². The topological polar surface area (TPSA) is 122 Å². The smallest absolute Gasteiger partial charge is 0.328 e. The number of aliphatic carboxylic acids is 1. The number of nitrogens with one attached hydrogen (secondary N) is 2. The highest BCUT2D eigenvalue weighted by Gasteiger charge is 2.18. The van der Waals surface area contributed by atoms with Crippen LogP contribution in [0.1, 0.15) is 5.56 Å². The van der Waals surface area contributed by atoms with E-state index in [4.69, 9.17) is 15.5 Å². The molecule has 7 heteroatoms. The Morgan fingerprint density at radius 3 is 2.39 bits per heavy atom. The maximum Gasteiger partial charge on any atom is 0.328 e. The van der Waals surface area contributed by atoms with Crippen molar-refractivity contribution < 1.29 is 19.8 Å². The van der Waals surface area contributed by atoms with Crippen LogP contribution < -0.4 is 10.6 Å². The Morgan fingerprint density at radius 1 is 1.33 bits per heavy atom. The number of carbonyl (C=O) groups is 2. The van der Waals surface area contributed by atoms with Gasteiger partial charge in [0.15, 0.2) is 6.04 Å². The third-order valence-electron chi connectivity index (χ3n) is 2.06. The fraction of sp³-hybridized carbons (Fsp3) is 0.182. The summed E-state index contributed by atoms with van der Waals surface area (Å²) in [5.41, 5.74) is 0.855. The zero-order valence-electron chi connectivity index (χ0n) is 9.25. The van der Waals surface area contributed by atoms with E-state index in [0.29, 0.717) is 11.3 Å². The number of anilines is 1. The van der Waals surface area contributed by atoms with Crippen molar-refractivity contribution in [2.24, 2.45) is 0 Å². The van der Waals surface area contributed by atoms with Crippen LogP contribution in [0.5, 0.6) is 0 Å². The summed E-state index contributed by atoms with van der Waals surface area (Å²) in [5, 5.41) is 30.4. The highest BCUT2D eigenvalue weighted by atomic mass is 16.4. The zero-order valence-corrected chi connectivity index (χ0v) is 9.25. The van der Waals surface area contributed by atoms with E-state index in [0.717, 1.165) is 0 Å². The Morgan fingerprint density at radius 2 is 1.94 bits per heavy atom. The average molecular weight is 249 g/mol. The van der Waals surface area contributed by atoms with Crippen molar-refractivity contribution in [3.05, 3.63) is 29.8 Å². The molecule has 1 atom stereocenters. The van der Waals surface area contributed by atoms with Crippen LogP contribution in [0, 0.1) is 11.3 Å². The first-order valence-electron chi connectivity index (χ1n) is 4.98. The van der Waals surface area contributed by atoms with Crippen molar-refractivity contribution in [1.29, 1.82) is 5.26 Å². The number of amides is 2. The quantitative estimate of drug-likeness (QED) is 0.603. The van der Waals surface area contributed by atoms with E-state index in [1.807, 2.05) is 6.07 Å². The number of urea groups is 1. The molecule has 1 aromatic rings. The minimum atomic E-state index is -1.36. The molecule has 0 radical (unpaired) electrons. The summed E-state index contributed by atoms with van der Waals surface area (Å²) in [6, 6.07) is 5.85. The summed E-state index contributed by atoms with van der Waals surface area (Å²) < 4.78 is 0. The maximum atomic E-state index is 11.4. The molecule has 94 valence electrons. The summed E-state index contributed by atoms with van der Waals surface area (Å²) in [5.74, 6) is -1.33. The lowest BCUT2D eigenvalue weighted by molar-refractivity contribution is -0.140. The van der Waals surface area contributed by atoms with Gasteiger partial charge in [-0.2, -0.15) is 5.26 Å². The van der Waals surface area contributed by atoms with Gasteiger partial charge in [-0.3, -0.25) is 0 Å². The number of carbonyl (C=O) groups excluding carboxylic acids is 1. The number of aliphatic hydroxyl groups is 1. The maximum absolute atomic E-state index is 11.4. The Balaban J connectivity index is 2.59. The molecule has 7 nitrogen and oxygen atoms in total. The van der Waals surface area contributed by atoms with Gasteiger partial charge in [0.05, 0.1) is 18.2 Å². The first kappa shape index (κ1) is 13.5. The van der Waals surface area contributed by atoms with Gasteiger partial charge >= 0.3 is 12.0 Å². The Kier molecular flexibility index (Phi) is 4.66. The van der Waals surface area contributed by atoms with Crippen molar-refractivity contribution >= 4 is 17.7 Å². The summed E-state index contributed by atoms with van der Waals surface area (Å²) in [6.45, 7) is -0.698. The number of hydrogen-bond donors (Lipinski definition) is 4. The van der Waals surface area contributed by atoms with Crippen LogP contribution in [0.15, 0.2) is 24.3 Å². The second kappa shape index (κ2) is 6.22. The van der Waals surface area contributed by atoms with Gasteiger partial charge in [-0.25, -0.2) is 9.59 Å². The highest BCUT2D eigenvalue weighted by Crippen LogP contribution is 2.08. The van der Waals surface area contributed by atoms with E-state index < -0.39 is 24.6 Å². The zero-order chi connectivity index (χ0) is 13.5. The minimum Gasteiger partial charge on any atom is -0.480 e. The Bertz CT molecular complexity index is 478. The number of carboxylic acids is 1. The van der Waals surface area contributed by atoms with Gasteiger partial charge in [-0.1, -0.05) is 0 Å². The van der Waals surface area contributed by atoms with E-state index in [1.165, 1.54) is 24.3 Å². The number of benzene rings is 1. The van der Waals surface area contributed by atoms with E-state index >= 15 is 0 Å².